The van der Waals surface area contributed by atoms with Crippen LogP contribution in [0.25, 0.3) is 0 Å². The minimum Gasteiger partial charge on any atom is -0.369 e. The molecule has 0 spiro atoms. The van der Waals surface area contributed by atoms with E-state index in [4.69, 9.17) is 4.74 Å². The van der Waals surface area contributed by atoms with Crippen molar-refractivity contribution in [2.24, 2.45) is 0 Å². The summed E-state index contributed by atoms with van der Waals surface area (Å²) in [6, 6.07) is 5.90. The third-order valence-corrected chi connectivity index (χ3v) is 1.95. The van der Waals surface area contributed by atoms with Crippen molar-refractivity contribution in [3.05, 3.63) is 30.1 Å². The Labute approximate surface area is 71.8 Å². The van der Waals surface area contributed by atoms with Crippen molar-refractivity contribution in [1.29, 1.82) is 0 Å². The van der Waals surface area contributed by atoms with Crippen LogP contribution >= 0.6 is 0 Å². The predicted octanol–water partition coefficient (Wildman–Crippen LogP) is 0.742. The van der Waals surface area contributed by atoms with E-state index in [0.717, 1.165) is 25.4 Å². The molecule has 2 rings (SSSR count). The molecule has 1 aromatic heterocycles. The minimum atomic E-state index is 0.139. The molecule has 3 nitrogen and oxygen atoms in total. The molecule has 0 saturated carbocycles. The number of hydrogen-bond donors (Lipinski definition) is 1. The zero-order valence-electron chi connectivity index (χ0n) is 6.86. The Morgan fingerprint density at radius 3 is 3.17 bits per heavy atom. The molecule has 0 bridgehead atoms. The normalized spacial score (nSPS) is 23.8. The molecular weight excluding hydrogens is 152 g/mol. The molecular formula is C9H12N2O. The number of hydrogen-bond acceptors (Lipinski definition) is 3. The maximum atomic E-state index is 5.54. The van der Waals surface area contributed by atoms with Gasteiger partial charge in [-0.25, -0.2) is 0 Å². The lowest BCUT2D eigenvalue weighted by molar-refractivity contribution is 0.0250. The van der Waals surface area contributed by atoms with E-state index in [1.807, 2.05) is 18.2 Å². The smallest absolute Gasteiger partial charge is 0.112 e. The monoisotopic (exact) mass is 164 g/mol. The Hall–Kier alpha value is -0.930. The first-order valence-electron chi connectivity index (χ1n) is 4.20. The number of pyridine rings is 1. The van der Waals surface area contributed by atoms with Gasteiger partial charge in [-0.15, -0.1) is 0 Å². The molecule has 1 aromatic rings. The number of nitrogens with zero attached hydrogens (tertiary/aromatic N) is 1. The summed E-state index contributed by atoms with van der Waals surface area (Å²) < 4.78 is 5.54. The first-order valence-corrected chi connectivity index (χ1v) is 4.20. The van der Waals surface area contributed by atoms with Crippen LogP contribution in [0.5, 0.6) is 0 Å². The summed E-state index contributed by atoms with van der Waals surface area (Å²) in [6.07, 6.45) is 1.94. The van der Waals surface area contributed by atoms with Crippen molar-refractivity contribution >= 4 is 0 Å². The quantitative estimate of drug-likeness (QED) is 0.664. The molecule has 64 valence electrons. The van der Waals surface area contributed by atoms with Crippen LogP contribution in [-0.4, -0.2) is 24.7 Å². The molecule has 1 aliphatic rings. The second-order valence-corrected chi connectivity index (χ2v) is 2.82. The van der Waals surface area contributed by atoms with Crippen molar-refractivity contribution in [2.45, 2.75) is 6.10 Å². The van der Waals surface area contributed by atoms with Gasteiger partial charge in [0.2, 0.25) is 0 Å². The molecule has 0 unspecified atom stereocenters. The summed E-state index contributed by atoms with van der Waals surface area (Å²) in [4.78, 5) is 4.24. The molecule has 1 atom stereocenters. The highest BCUT2D eigenvalue weighted by molar-refractivity contribution is 5.07. The Bertz CT molecular complexity index is 232. The minimum absolute atomic E-state index is 0.139. The lowest BCUT2D eigenvalue weighted by atomic mass is 10.2. The van der Waals surface area contributed by atoms with Crippen molar-refractivity contribution in [3.8, 4) is 0 Å². The molecule has 1 N–H and O–H groups in total. The number of morpholine rings is 1. The Kier molecular flexibility index (Phi) is 2.34. The van der Waals surface area contributed by atoms with Crippen LogP contribution in [-0.2, 0) is 4.74 Å². The van der Waals surface area contributed by atoms with E-state index in [9.17, 15) is 0 Å². The molecule has 1 fully saturated rings. The van der Waals surface area contributed by atoms with Crippen LogP contribution in [0.3, 0.4) is 0 Å². The Morgan fingerprint density at radius 1 is 1.50 bits per heavy atom. The van der Waals surface area contributed by atoms with Gasteiger partial charge in [0.1, 0.15) is 6.10 Å². The topological polar surface area (TPSA) is 34.1 Å². The number of nitrogens with one attached hydrogen (secondary N) is 1. The van der Waals surface area contributed by atoms with Crippen LogP contribution in [0.2, 0.25) is 0 Å². The lowest BCUT2D eigenvalue weighted by Crippen LogP contribution is -2.33. The molecule has 0 aromatic carbocycles. The maximum absolute atomic E-state index is 5.54. The zero-order valence-corrected chi connectivity index (χ0v) is 6.86. The van der Waals surface area contributed by atoms with Crippen molar-refractivity contribution in [1.82, 2.24) is 10.3 Å². The van der Waals surface area contributed by atoms with E-state index in [1.54, 1.807) is 6.20 Å². The summed E-state index contributed by atoms with van der Waals surface area (Å²) in [5.74, 6) is 0. The van der Waals surface area contributed by atoms with Crippen molar-refractivity contribution < 1.29 is 4.74 Å². The van der Waals surface area contributed by atoms with Crippen LogP contribution in [0, 0.1) is 0 Å². The third-order valence-electron chi connectivity index (χ3n) is 1.95. The standard InChI is InChI=1S/C9H12N2O/c1-2-4-11-8(3-1)9-7-10-5-6-12-9/h1-4,9-10H,5-7H2/t9-/m1/s1. The van der Waals surface area contributed by atoms with E-state index in [2.05, 4.69) is 10.3 Å². The van der Waals surface area contributed by atoms with Crippen LogP contribution < -0.4 is 5.32 Å². The fourth-order valence-electron chi connectivity index (χ4n) is 1.32. The second kappa shape index (κ2) is 3.65. The molecule has 0 amide bonds. The van der Waals surface area contributed by atoms with Gasteiger partial charge in [-0.1, -0.05) is 6.07 Å². The maximum Gasteiger partial charge on any atom is 0.112 e. The van der Waals surface area contributed by atoms with E-state index >= 15 is 0 Å². The molecule has 0 aliphatic carbocycles. The van der Waals surface area contributed by atoms with Gasteiger partial charge < -0.3 is 10.1 Å². The van der Waals surface area contributed by atoms with E-state index < -0.39 is 0 Å². The Balaban J connectivity index is 2.08. The van der Waals surface area contributed by atoms with E-state index in [-0.39, 0.29) is 6.10 Å². The third kappa shape index (κ3) is 1.62. The molecule has 1 aliphatic heterocycles. The fraction of sp³-hybridized carbons (Fsp3) is 0.444. The zero-order chi connectivity index (χ0) is 8.23. The highest BCUT2D eigenvalue weighted by atomic mass is 16.5. The van der Waals surface area contributed by atoms with Crippen LogP contribution in [0.1, 0.15) is 11.8 Å². The first kappa shape index (κ1) is 7.71. The van der Waals surface area contributed by atoms with E-state index in [0.29, 0.717) is 0 Å². The summed E-state index contributed by atoms with van der Waals surface area (Å²) in [6.45, 7) is 2.60. The average Bonchev–Trinajstić information content (AvgIpc) is 2.21. The summed E-state index contributed by atoms with van der Waals surface area (Å²) >= 11 is 0. The first-order chi connectivity index (χ1) is 5.97. The number of ether oxygens (including phenoxy) is 1. The van der Waals surface area contributed by atoms with Crippen LogP contribution in [0.15, 0.2) is 24.4 Å². The van der Waals surface area contributed by atoms with Gasteiger partial charge in [-0.05, 0) is 12.1 Å². The van der Waals surface area contributed by atoms with Crippen molar-refractivity contribution in [3.63, 3.8) is 0 Å². The average molecular weight is 164 g/mol. The van der Waals surface area contributed by atoms with Gasteiger partial charge in [0.05, 0.1) is 12.3 Å². The van der Waals surface area contributed by atoms with Gasteiger partial charge in [0.15, 0.2) is 0 Å². The van der Waals surface area contributed by atoms with Gasteiger partial charge in [0.25, 0.3) is 0 Å². The van der Waals surface area contributed by atoms with Crippen molar-refractivity contribution in [2.75, 3.05) is 19.7 Å². The van der Waals surface area contributed by atoms with Gasteiger partial charge in [-0.2, -0.15) is 0 Å². The van der Waals surface area contributed by atoms with Gasteiger partial charge >= 0.3 is 0 Å². The van der Waals surface area contributed by atoms with Gasteiger partial charge in [-0.3, -0.25) is 4.98 Å². The number of aromatic nitrogens is 1. The molecule has 1 saturated heterocycles. The molecule has 2 heterocycles. The summed E-state index contributed by atoms with van der Waals surface area (Å²) in [7, 11) is 0. The predicted molar refractivity (Wildman–Crippen MR) is 45.8 cm³/mol. The summed E-state index contributed by atoms with van der Waals surface area (Å²) in [5.41, 5.74) is 1.02. The number of rotatable bonds is 1. The molecule has 3 heteroatoms. The fourth-order valence-corrected chi connectivity index (χ4v) is 1.32. The highest BCUT2D eigenvalue weighted by Gasteiger charge is 2.15. The summed E-state index contributed by atoms with van der Waals surface area (Å²) in [5, 5.41) is 3.27. The SMILES string of the molecule is c1ccc([C@H]2CNCCO2)nc1. The molecule has 12 heavy (non-hydrogen) atoms. The van der Waals surface area contributed by atoms with Crippen LogP contribution in [0.4, 0.5) is 0 Å². The molecule has 0 radical (unpaired) electrons. The Morgan fingerprint density at radius 2 is 2.50 bits per heavy atom. The van der Waals surface area contributed by atoms with Gasteiger partial charge in [0, 0.05) is 19.3 Å². The second-order valence-electron chi connectivity index (χ2n) is 2.82. The van der Waals surface area contributed by atoms with E-state index in [1.165, 1.54) is 0 Å². The highest BCUT2D eigenvalue weighted by Crippen LogP contribution is 2.14. The largest absolute Gasteiger partial charge is 0.369 e. The lowest BCUT2D eigenvalue weighted by Gasteiger charge is -2.22.